The Bertz CT molecular complexity index is 285. The first-order chi connectivity index (χ1) is 7.83. The molecule has 1 heterocycles. The lowest BCUT2D eigenvalue weighted by Gasteiger charge is -2.03. The van der Waals surface area contributed by atoms with Gasteiger partial charge in [-0.05, 0) is 24.3 Å². The van der Waals surface area contributed by atoms with Crippen molar-refractivity contribution in [1.29, 1.82) is 0 Å². The normalized spacial score (nSPS) is 10.3. The second-order valence-corrected chi connectivity index (χ2v) is 4.99. The maximum atomic E-state index is 11.4. The summed E-state index contributed by atoms with van der Waals surface area (Å²) in [5.41, 5.74) is 0. The van der Waals surface area contributed by atoms with Crippen molar-refractivity contribution in [3.05, 3.63) is 22.4 Å². The van der Waals surface area contributed by atoms with Gasteiger partial charge in [0.05, 0.1) is 13.0 Å². The molecule has 0 aliphatic rings. The van der Waals surface area contributed by atoms with Crippen molar-refractivity contribution in [1.82, 2.24) is 0 Å². The molecule has 2 nitrogen and oxygen atoms in total. The Balaban J connectivity index is 1.98. The van der Waals surface area contributed by atoms with Crippen molar-refractivity contribution >= 4 is 28.9 Å². The molecule has 0 amide bonds. The van der Waals surface area contributed by atoms with Crippen molar-refractivity contribution in [2.45, 2.75) is 32.1 Å². The topological polar surface area (TPSA) is 26.3 Å². The fraction of sp³-hybridized carbons (Fsp3) is 0.583. The average molecular weight is 261 g/mol. The lowest BCUT2D eigenvalue weighted by Crippen LogP contribution is -2.08. The van der Waals surface area contributed by atoms with Gasteiger partial charge in [0.1, 0.15) is 0 Å². The van der Waals surface area contributed by atoms with Gasteiger partial charge in [0.25, 0.3) is 0 Å². The Kier molecular flexibility index (Phi) is 7.26. The summed E-state index contributed by atoms with van der Waals surface area (Å²) in [7, 11) is 0. The number of ether oxygens (including phenoxy) is 1. The molecular formula is C12H17ClO2S. The van der Waals surface area contributed by atoms with E-state index in [9.17, 15) is 4.79 Å². The van der Waals surface area contributed by atoms with E-state index >= 15 is 0 Å². The van der Waals surface area contributed by atoms with Gasteiger partial charge in [0.15, 0.2) is 0 Å². The van der Waals surface area contributed by atoms with Crippen LogP contribution in [0.2, 0.25) is 0 Å². The van der Waals surface area contributed by atoms with Gasteiger partial charge in [-0.2, -0.15) is 0 Å². The van der Waals surface area contributed by atoms with Gasteiger partial charge < -0.3 is 4.74 Å². The number of hydrogen-bond donors (Lipinski definition) is 0. The number of hydrogen-bond acceptors (Lipinski definition) is 3. The van der Waals surface area contributed by atoms with E-state index in [-0.39, 0.29) is 5.97 Å². The highest BCUT2D eigenvalue weighted by molar-refractivity contribution is 7.10. The lowest BCUT2D eigenvalue weighted by molar-refractivity contribution is -0.142. The van der Waals surface area contributed by atoms with Crippen LogP contribution in [0.3, 0.4) is 0 Å². The van der Waals surface area contributed by atoms with E-state index in [2.05, 4.69) is 0 Å². The lowest BCUT2D eigenvalue weighted by atomic mass is 10.2. The maximum Gasteiger partial charge on any atom is 0.311 e. The third kappa shape index (κ3) is 6.13. The first kappa shape index (κ1) is 13.5. The fourth-order valence-corrected chi connectivity index (χ4v) is 2.22. The number of unbranched alkanes of at least 4 members (excludes halogenated alkanes) is 3. The van der Waals surface area contributed by atoms with E-state index in [4.69, 9.17) is 16.3 Å². The monoisotopic (exact) mass is 260 g/mol. The first-order valence-electron chi connectivity index (χ1n) is 5.57. The maximum absolute atomic E-state index is 11.4. The van der Waals surface area contributed by atoms with Gasteiger partial charge in [-0.3, -0.25) is 4.79 Å². The minimum absolute atomic E-state index is 0.125. The van der Waals surface area contributed by atoms with Crippen LogP contribution in [-0.4, -0.2) is 18.5 Å². The van der Waals surface area contributed by atoms with Crippen molar-refractivity contribution in [3.63, 3.8) is 0 Å². The predicted octanol–water partition coefficient (Wildman–Crippen LogP) is 3.63. The molecule has 16 heavy (non-hydrogen) atoms. The zero-order valence-electron chi connectivity index (χ0n) is 9.28. The second-order valence-electron chi connectivity index (χ2n) is 3.58. The standard InChI is InChI=1S/C12H17ClO2S/c13-7-3-1-2-4-8-15-12(14)10-11-6-5-9-16-11/h5-6,9H,1-4,7-8,10H2. The number of rotatable bonds is 8. The third-order valence-electron chi connectivity index (χ3n) is 2.19. The highest BCUT2D eigenvalue weighted by Gasteiger charge is 2.04. The molecule has 0 saturated heterocycles. The molecule has 0 spiro atoms. The van der Waals surface area contributed by atoms with Crippen LogP contribution in [0.4, 0.5) is 0 Å². The zero-order chi connectivity index (χ0) is 11.6. The third-order valence-corrected chi connectivity index (χ3v) is 3.33. The summed E-state index contributed by atoms with van der Waals surface area (Å²) in [6, 6.07) is 3.89. The van der Waals surface area contributed by atoms with Gasteiger partial charge >= 0.3 is 5.97 Å². The molecule has 0 bridgehead atoms. The number of carbonyl (C=O) groups is 1. The molecule has 0 aromatic carbocycles. The number of halogens is 1. The van der Waals surface area contributed by atoms with Crippen molar-refractivity contribution in [3.8, 4) is 0 Å². The van der Waals surface area contributed by atoms with E-state index in [1.807, 2.05) is 17.5 Å². The summed E-state index contributed by atoms with van der Waals surface area (Å²) < 4.78 is 5.13. The SMILES string of the molecule is O=C(Cc1cccs1)OCCCCCCCl. The molecule has 0 aliphatic heterocycles. The average Bonchev–Trinajstić information content (AvgIpc) is 2.76. The minimum Gasteiger partial charge on any atom is -0.465 e. The van der Waals surface area contributed by atoms with Gasteiger partial charge in [-0.15, -0.1) is 22.9 Å². The van der Waals surface area contributed by atoms with Gasteiger partial charge in [-0.1, -0.05) is 18.9 Å². The molecule has 0 atom stereocenters. The van der Waals surface area contributed by atoms with E-state index in [0.29, 0.717) is 13.0 Å². The van der Waals surface area contributed by atoms with Crippen LogP contribution in [0.5, 0.6) is 0 Å². The van der Waals surface area contributed by atoms with E-state index < -0.39 is 0 Å². The summed E-state index contributed by atoms with van der Waals surface area (Å²) in [5.74, 6) is 0.595. The highest BCUT2D eigenvalue weighted by Crippen LogP contribution is 2.10. The van der Waals surface area contributed by atoms with Crippen LogP contribution in [0.1, 0.15) is 30.6 Å². The Hall–Kier alpha value is -0.540. The molecule has 90 valence electrons. The fourth-order valence-electron chi connectivity index (χ4n) is 1.34. The molecule has 0 unspecified atom stereocenters. The summed E-state index contributed by atoms with van der Waals surface area (Å²) in [6.45, 7) is 0.534. The molecule has 1 aromatic rings. The molecule has 0 radical (unpaired) electrons. The summed E-state index contributed by atoms with van der Waals surface area (Å²) in [4.78, 5) is 12.4. The smallest absolute Gasteiger partial charge is 0.311 e. The van der Waals surface area contributed by atoms with E-state index in [0.717, 1.165) is 36.4 Å². The van der Waals surface area contributed by atoms with Crippen LogP contribution in [-0.2, 0) is 16.0 Å². The largest absolute Gasteiger partial charge is 0.465 e. The van der Waals surface area contributed by atoms with Crippen molar-refractivity contribution in [2.75, 3.05) is 12.5 Å². The Morgan fingerprint density at radius 1 is 1.31 bits per heavy atom. The molecule has 0 aliphatic carbocycles. The second kappa shape index (κ2) is 8.59. The Labute approximate surface area is 106 Å². The molecule has 0 saturated carbocycles. The molecule has 1 aromatic heterocycles. The van der Waals surface area contributed by atoms with Crippen LogP contribution in [0, 0.1) is 0 Å². The quantitative estimate of drug-likeness (QED) is 0.405. The van der Waals surface area contributed by atoms with Crippen LogP contribution < -0.4 is 0 Å². The zero-order valence-corrected chi connectivity index (χ0v) is 10.9. The predicted molar refractivity (Wildman–Crippen MR) is 68.2 cm³/mol. The van der Waals surface area contributed by atoms with E-state index in [1.54, 1.807) is 11.3 Å². The number of thiophene rings is 1. The van der Waals surface area contributed by atoms with Crippen molar-refractivity contribution in [2.24, 2.45) is 0 Å². The van der Waals surface area contributed by atoms with Gasteiger partial charge in [0, 0.05) is 10.8 Å². The molecular weight excluding hydrogens is 244 g/mol. The van der Waals surface area contributed by atoms with Crippen molar-refractivity contribution < 1.29 is 9.53 Å². The molecule has 0 N–H and O–H groups in total. The molecule has 4 heteroatoms. The van der Waals surface area contributed by atoms with Crippen LogP contribution >= 0.6 is 22.9 Å². The van der Waals surface area contributed by atoms with Gasteiger partial charge in [-0.25, -0.2) is 0 Å². The summed E-state index contributed by atoms with van der Waals surface area (Å²) in [6.07, 6.45) is 4.59. The number of alkyl halides is 1. The summed E-state index contributed by atoms with van der Waals surface area (Å²) >= 11 is 7.15. The van der Waals surface area contributed by atoms with Crippen LogP contribution in [0.25, 0.3) is 0 Å². The molecule has 1 rings (SSSR count). The first-order valence-corrected chi connectivity index (χ1v) is 6.98. The Morgan fingerprint density at radius 2 is 2.12 bits per heavy atom. The molecule has 0 fully saturated rings. The minimum atomic E-state index is -0.125. The summed E-state index contributed by atoms with van der Waals surface area (Å²) in [5, 5.41) is 1.97. The van der Waals surface area contributed by atoms with Gasteiger partial charge in [0.2, 0.25) is 0 Å². The highest BCUT2D eigenvalue weighted by atomic mass is 35.5. The Morgan fingerprint density at radius 3 is 2.81 bits per heavy atom. The number of esters is 1. The van der Waals surface area contributed by atoms with Crippen LogP contribution in [0.15, 0.2) is 17.5 Å². The number of carbonyl (C=O) groups excluding carboxylic acids is 1. The van der Waals surface area contributed by atoms with E-state index in [1.165, 1.54) is 0 Å².